The number of aryl methyl sites for hydroxylation is 1. The van der Waals surface area contributed by atoms with Crippen LogP contribution in [0.15, 0.2) is 48.8 Å². The number of hydrogen-bond acceptors (Lipinski definition) is 9. The van der Waals surface area contributed by atoms with Gasteiger partial charge in [-0.2, -0.15) is 0 Å². The average molecular weight is 705 g/mol. The fourth-order valence-corrected chi connectivity index (χ4v) is 7.03. The van der Waals surface area contributed by atoms with Gasteiger partial charge in [0.25, 0.3) is 0 Å². The van der Waals surface area contributed by atoms with E-state index in [1.54, 1.807) is 26.6 Å². The van der Waals surface area contributed by atoms with E-state index in [2.05, 4.69) is 25.9 Å². The van der Waals surface area contributed by atoms with Crippen molar-refractivity contribution in [3.8, 4) is 45.4 Å². The molecule has 2 amide bonds. The first kappa shape index (κ1) is 34.5. The molecule has 2 aromatic heterocycles. The molecule has 0 saturated carbocycles. The molecule has 2 atom stereocenters. The lowest BCUT2D eigenvalue weighted by atomic mass is 9.97. The third-order valence-corrected chi connectivity index (χ3v) is 9.79. The van der Waals surface area contributed by atoms with Crippen molar-refractivity contribution >= 4 is 35.0 Å². The van der Waals surface area contributed by atoms with Gasteiger partial charge in [-0.1, -0.05) is 59.6 Å². The number of benzene rings is 2. The second kappa shape index (κ2) is 15.9. The lowest BCUT2D eigenvalue weighted by Crippen LogP contribution is -2.37. The highest BCUT2D eigenvalue weighted by molar-refractivity contribution is 6.39. The molecule has 2 saturated heterocycles. The van der Waals surface area contributed by atoms with Crippen molar-refractivity contribution in [2.24, 2.45) is 5.92 Å². The summed E-state index contributed by atoms with van der Waals surface area (Å²) in [6.07, 6.45) is 8.76. The Morgan fingerprint density at radius 3 is 2.04 bits per heavy atom. The first-order valence-corrected chi connectivity index (χ1v) is 17.2. The topological polar surface area (TPSA) is 140 Å². The zero-order chi connectivity index (χ0) is 34.3. The molecule has 6 rings (SSSR count). The van der Waals surface area contributed by atoms with Gasteiger partial charge in [0.2, 0.25) is 23.6 Å². The van der Waals surface area contributed by atoms with E-state index >= 15 is 0 Å². The van der Waals surface area contributed by atoms with Crippen LogP contribution < -0.4 is 25.4 Å². The molecule has 2 aliphatic heterocycles. The minimum atomic E-state index is 0.0923. The number of ether oxygens (including phenoxy) is 2. The number of aromatic nitrogens is 4. The van der Waals surface area contributed by atoms with Gasteiger partial charge in [-0.05, 0) is 44.6 Å². The van der Waals surface area contributed by atoms with Gasteiger partial charge in [0.1, 0.15) is 11.4 Å². The molecule has 1 unspecified atom stereocenters. The van der Waals surface area contributed by atoms with Gasteiger partial charge in [0.15, 0.2) is 0 Å². The molecule has 0 spiro atoms. The number of rotatable bonds is 13. The molecule has 2 aromatic carbocycles. The monoisotopic (exact) mass is 703 g/mol. The van der Waals surface area contributed by atoms with Crippen molar-refractivity contribution in [2.75, 3.05) is 27.3 Å². The molecule has 4 heterocycles. The Hall–Kier alpha value is -4.32. The van der Waals surface area contributed by atoms with E-state index in [0.717, 1.165) is 42.5 Å². The van der Waals surface area contributed by atoms with Gasteiger partial charge in [0, 0.05) is 54.2 Å². The number of amides is 2. The van der Waals surface area contributed by atoms with E-state index in [0.29, 0.717) is 88.9 Å². The Morgan fingerprint density at radius 2 is 1.45 bits per heavy atom. The highest BCUT2D eigenvalue weighted by Crippen LogP contribution is 2.42. The predicted octanol–water partition coefficient (Wildman–Crippen LogP) is 5.81. The van der Waals surface area contributed by atoms with Crippen LogP contribution in [0.1, 0.15) is 49.9 Å². The van der Waals surface area contributed by atoms with Crippen LogP contribution in [-0.4, -0.2) is 65.1 Å². The standard InChI is InChI=1S/C36H39Cl2N7O4/c1-48-35-27(11-3-6-22-12-13-31(46)43-22)41-19-28(44-35)25-9-4-7-23(33(25)37)24-8-5-10-26(34(24)38)29-20-42-30(36(45-29)49-2)18-39-17-21-14-15-40-32(47)16-21/h4-5,7-10,19-22,39H,3,6,11-18H2,1-2H3,(H,40,47)(H,43,46)/t21?,22-/m1/s1. The number of nitrogens with zero attached hydrogens (tertiary/aromatic N) is 4. The van der Waals surface area contributed by atoms with Gasteiger partial charge in [-0.15, -0.1) is 0 Å². The molecule has 256 valence electrons. The zero-order valence-corrected chi connectivity index (χ0v) is 29.0. The molecule has 11 nitrogen and oxygen atoms in total. The maximum absolute atomic E-state index is 11.7. The van der Waals surface area contributed by atoms with Crippen LogP contribution in [0.25, 0.3) is 33.6 Å². The summed E-state index contributed by atoms with van der Waals surface area (Å²) in [5, 5.41) is 10.2. The highest BCUT2D eigenvalue weighted by atomic mass is 35.5. The molecular weight excluding hydrogens is 665 g/mol. The van der Waals surface area contributed by atoms with Crippen molar-refractivity contribution in [3.05, 3.63) is 70.2 Å². The van der Waals surface area contributed by atoms with Crippen molar-refractivity contribution in [3.63, 3.8) is 0 Å². The van der Waals surface area contributed by atoms with Crippen LogP contribution in [0.3, 0.4) is 0 Å². The summed E-state index contributed by atoms with van der Waals surface area (Å²) in [7, 11) is 3.14. The molecule has 13 heteroatoms. The zero-order valence-electron chi connectivity index (χ0n) is 27.5. The molecule has 49 heavy (non-hydrogen) atoms. The van der Waals surface area contributed by atoms with Gasteiger partial charge >= 0.3 is 0 Å². The van der Waals surface area contributed by atoms with Crippen molar-refractivity contribution in [2.45, 2.75) is 57.5 Å². The van der Waals surface area contributed by atoms with E-state index in [-0.39, 0.29) is 23.8 Å². The maximum Gasteiger partial charge on any atom is 0.237 e. The number of halogens is 2. The third-order valence-electron chi connectivity index (χ3n) is 8.97. The molecule has 0 aliphatic carbocycles. The molecule has 4 aromatic rings. The Kier molecular flexibility index (Phi) is 11.2. The fraction of sp³-hybridized carbons (Fsp3) is 0.389. The van der Waals surface area contributed by atoms with Gasteiger partial charge in [-0.25, -0.2) is 9.97 Å². The number of carbonyl (C=O) groups excluding carboxylic acids is 2. The van der Waals surface area contributed by atoms with E-state index < -0.39 is 0 Å². The Bertz CT molecular complexity index is 1840. The maximum atomic E-state index is 11.7. The predicted molar refractivity (Wildman–Crippen MR) is 189 cm³/mol. The summed E-state index contributed by atoms with van der Waals surface area (Å²) in [5.41, 5.74) is 5.39. The van der Waals surface area contributed by atoms with E-state index in [1.807, 2.05) is 36.4 Å². The van der Waals surface area contributed by atoms with Crippen molar-refractivity contribution in [1.29, 1.82) is 0 Å². The SMILES string of the molecule is COc1nc(-c2cccc(-c3cccc(-c4cnc(CNCC5CCNC(=O)C5)c(OC)n4)c3Cl)c2Cl)cnc1CCC[C@@H]1CCC(=O)N1. The van der Waals surface area contributed by atoms with E-state index in [9.17, 15) is 9.59 Å². The third kappa shape index (κ3) is 8.12. The van der Waals surface area contributed by atoms with Crippen LogP contribution in [0.4, 0.5) is 0 Å². The lowest BCUT2D eigenvalue weighted by molar-refractivity contribution is -0.123. The van der Waals surface area contributed by atoms with Crippen LogP contribution in [-0.2, 0) is 22.6 Å². The van der Waals surface area contributed by atoms with Gasteiger partial charge in [-0.3, -0.25) is 19.6 Å². The first-order valence-electron chi connectivity index (χ1n) is 16.5. The van der Waals surface area contributed by atoms with E-state index in [4.69, 9.17) is 42.6 Å². The van der Waals surface area contributed by atoms with Crippen LogP contribution in [0, 0.1) is 5.92 Å². The normalized spacial score (nSPS) is 17.5. The van der Waals surface area contributed by atoms with Crippen LogP contribution >= 0.6 is 23.2 Å². The second-order valence-electron chi connectivity index (χ2n) is 12.3. The average Bonchev–Trinajstić information content (AvgIpc) is 3.53. The molecule has 3 N–H and O–H groups in total. The Labute approximate surface area is 295 Å². The summed E-state index contributed by atoms with van der Waals surface area (Å²) < 4.78 is 11.2. The highest BCUT2D eigenvalue weighted by Gasteiger charge is 2.22. The molecular formula is C36H39Cl2N7O4. The molecule has 2 aliphatic rings. The number of carbonyl (C=O) groups is 2. The molecule has 0 radical (unpaired) electrons. The quantitative estimate of drug-likeness (QED) is 0.157. The summed E-state index contributed by atoms with van der Waals surface area (Å²) in [5.74, 6) is 1.34. The fourth-order valence-electron chi connectivity index (χ4n) is 6.38. The second-order valence-corrected chi connectivity index (χ2v) is 13.0. The van der Waals surface area contributed by atoms with E-state index in [1.165, 1.54) is 0 Å². The number of piperidine rings is 1. The molecule has 0 bridgehead atoms. The summed E-state index contributed by atoms with van der Waals surface area (Å²) in [4.78, 5) is 42.1. The summed E-state index contributed by atoms with van der Waals surface area (Å²) in [6.45, 7) is 1.87. The smallest absolute Gasteiger partial charge is 0.237 e. The minimum Gasteiger partial charge on any atom is -0.480 e. The number of nitrogens with one attached hydrogen (secondary N) is 3. The van der Waals surface area contributed by atoms with Crippen LogP contribution in [0.5, 0.6) is 11.8 Å². The lowest BCUT2D eigenvalue weighted by Gasteiger charge is -2.22. The number of methoxy groups -OCH3 is 2. The summed E-state index contributed by atoms with van der Waals surface area (Å²) >= 11 is 14.1. The largest absolute Gasteiger partial charge is 0.480 e. The number of hydrogen-bond donors (Lipinski definition) is 3. The minimum absolute atomic E-state index is 0.0923. The van der Waals surface area contributed by atoms with Gasteiger partial charge in [0.05, 0.1) is 48.0 Å². The Morgan fingerprint density at radius 1 is 0.837 bits per heavy atom. The first-order chi connectivity index (χ1) is 23.8. The Balaban J connectivity index is 1.19. The van der Waals surface area contributed by atoms with Crippen molar-refractivity contribution < 1.29 is 19.1 Å². The molecule has 2 fully saturated rings. The van der Waals surface area contributed by atoms with Crippen LogP contribution in [0.2, 0.25) is 10.0 Å². The van der Waals surface area contributed by atoms with Crippen molar-refractivity contribution in [1.82, 2.24) is 35.9 Å². The van der Waals surface area contributed by atoms with Gasteiger partial charge < -0.3 is 25.4 Å². The summed E-state index contributed by atoms with van der Waals surface area (Å²) in [6, 6.07) is 11.6.